The van der Waals surface area contributed by atoms with E-state index in [1.54, 1.807) is 0 Å². The van der Waals surface area contributed by atoms with Crippen LogP contribution in [0.15, 0.2) is 24.3 Å². The molecule has 0 fully saturated rings. The molecule has 0 saturated heterocycles. The van der Waals surface area contributed by atoms with Crippen molar-refractivity contribution in [2.24, 2.45) is 0 Å². The first-order valence-electron chi connectivity index (χ1n) is 6.26. The summed E-state index contributed by atoms with van der Waals surface area (Å²) in [5, 5.41) is 3.14. The fourth-order valence-electron chi connectivity index (χ4n) is 1.77. The van der Waals surface area contributed by atoms with E-state index < -0.39 is 0 Å². The summed E-state index contributed by atoms with van der Waals surface area (Å²) in [5.74, 6) is 0.131. The SMILES string of the molecule is CCCNCC(=O)N(CC)c1cccc(C)c1. The molecule has 94 valence electrons. The first kappa shape index (κ1) is 13.7. The van der Waals surface area contributed by atoms with Gasteiger partial charge in [0.1, 0.15) is 0 Å². The van der Waals surface area contributed by atoms with Crippen LogP contribution in [0, 0.1) is 6.92 Å². The van der Waals surface area contributed by atoms with Gasteiger partial charge in [0.05, 0.1) is 6.54 Å². The van der Waals surface area contributed by atoms with E-state index in [4.69, 9.17) is 0 Å². The van der Waals surface area contributed by atoms with Crippen LogP contribution >= 0.6 is 0 Å². The molecule has 1 aromatic rings. The van der Waals surface area contributed by atoms with Crippen molar-refractivity contribution in [3.63, 3.8) is 0 Å². The standard InChI is InChI=1S/C14H22N2O/c1-4-9-15-11-14(17)16(5-2)13-8-6-7-12(3)10-13/h6-8,10,15H,4-5,9,11H2,1-3H3. The van der Waals surface area contributed by atoms with Crippen molar-refractivity contribution in [1.82, 2.24) is 5.32 Å². The fourth-order valence-corrected chi connectivity index (χ4v) is 1.77. The van der Waals surface area contributed by atoms with Crippen LogP contribution < -0.4 is 10.2 Å². The molecule has 1 amide bonds. The van der Waals surface area contributed by atoms with Gasteiger partial charge in [-0.2, -0.15) is 0 Å². The van der Waals surface area contributed by atoms with Crippen LogP contribution in [0.5, 0.6) is 0 Å². The molecule has 0 aromatic heterocycles. The molecular weight excluding hydrogens is 212 g/mol. The van der Waals surface area contributed by atoms with Gasteiger partial charge in [0.15, 0.2) is 0 Å². The topological polar surface area (TPSA) is 32.3 Å². The molecule has 0 aliphatic carbocycles. The summed E-state index contributed by atoms with van der Waals surface area (Å²) >= 11 is 0. The number of carbonyl (C=O) groups is 1. The lowest BCUT2D eigenvalue weighted by molar-refractivity contribution is -0.117. The number of nitrogens with one attached hydrogen (secondary N) is 1. The van der Waals surface area contributed by atoms with Crippen LogP contribution in [0.2, 0.25) is 0 Å². The highest BCUT2D eigenvalue weighted by atomic mass is 16.2. The minimum Gasteiger partial charge on any atom is -0.312 e. The Morgan fingerprint density at radius 1 is 1.35 bits per heavy atom. The lowest BCUT2D eigenvalue weighted by Gasteiger charge is -2.21. The fraction of sp³-hybridized carbons (Fsp3) is 0.500. The summed E-state index contributed by atoms with van der Waals surface area (Å²) in [6.07, 6.45) is 1.05. The van der Waals surface area contributed by atoms with E-state index in [1.807, 2.05) is 43.0 Å². The lowest BCUT2D eigenvalue weighted by Crippen LogP contribution is -2.38. The Morgan fingerprint density at radius 3 is 2.71 bits per heavy atom. The third kappa shape index (κ3) is 4.19. The van der Waals surface area contributed by atoms with Crippen LogP contribution in [-0.4, -0.2) is 25.5 Å². The molecule has 1 N–H and O–H groups in total. The predicted molar refractivity (Wildman–Crippen MR) is 72.4 cm³/mol. The number of carbonyl (C=O) groups excluding carboxylic acids is 1. The first-order valence-corrected chi connectivity index (χ1v) is 6.26. The molecule has 0 bridgehead atoms. The van der Waals surface area contributed by atoms with Crippen molar-refractivity contribution in [2.75, 3.05) is 24.5 Å². The first-order chi connectivity index (χ1) is 8.19. The molecule has 0 atom stereocenters. The zero-order valence-corrected chi connectivity index (χ0v) is 11.0. The summed E-state index contributed by atoms with van der Waals surface area (Å²) in [6, 6.07) is 8.05. The van der Waals surface area contributed by atoms with E-state index in [0.29, 0.717) is 13.1 Å². The Morgan fingerprint density at radius 2 is 2.12 bits per heavy atom. The second kappa shape index (κ2) is 7.07. The second-order valence-corrected chi connectivity index (χ2v) is 4.15. The van der Waals surface area contributed by atoms with Crippen LogP contribution in [0.1, 0.15) is 25.8 Å². The Balaban J connectivity index is 2.67. The lowest BCUT2D eigenvalue weighted by atomic mass is 10.2. The van der Waals surface area contributed by atoms with E-state index in [9.17, 15) is 4.79 Å². The number of rotatable bonds is 6. The average Bonchev–Trinajstić information content (AvgIpc) is 2.30. The summed E-state index contributed by atoms with van der Waals surface area (Å²) in [6.45, 7) is 8.13. The zero-order chi connectivity index (χ0) is 12.7. The van der Waals surface area contributed by atoms with Crippen LogP contribution in [0.4, 0.5) is 5.69 Å². The molecule has 1 rings (SSSR count). The van der Waals surface area contributed by atoms with Crippen LogP contribution in [-0.2, 0) is 4.79 Å². The predicted octanol–water partition coefficient (Wildman–Crippen LogP) is 2.35. The third-order valence-electron chi connectivity index (χ3n) is 2.63. The number of nitrogens with zero attached hydrogens (tertiary/aromatic N) is 1. The molecule has 0 radical (unpaired) electrons. The van der Waals surface area contributed by atoms with Gasteiger partial charge in [-0.15, -0.1) is 0 Å². The number of hydrogen-bond acceptors (Lipinski definition) is 2. The van der Waals surface area contributed by atoms with Crippen molar-refractivity contribution < 1.29 is 4.79 Å². The van der Waals surface area contributed by atoms with Gasteiger partial charge in [-0.3, -0.25) is 4.79 Å². The molecule has 17 heavy (non-hydrogen) atoms. The van der Waals surface area contributed by atoms with E-state index in [-0.39, 0.29) is 5.91 Å². The highest BCUT2D eigenvalue weighted by Gasteiger charge is 2.12. The maximum absolute atomic E-state index is 12.0. The number of anilines is 1. The Labute approximate surface area is 104 Å². The number of likely N-dealkylation sites (N-methyl/N-ethyl adjacent to an activating group) is 1. The molecule has 0 saturated carbocycles. The van der Waals surface area contributed by atoms with E-state index in [2.05, 4.69) is 12.2 Å². The summed E-state index contributed by atoms with van der Waals surface area (Å²) < 4.78 is 0. The number of amides is 1. The third-order valence-corrected chi connectivity index (χ3v) is 2.63. The highest BCUT2D eigenvalue weighted by Crippen LogP contribution is 2.15. The normalized spacial score (nSPS) is 10.3. The Bertz CT molecular complexity index is 363. The molecule has 0 aliphatic rings. The van der Waals surface area contributed by atoms with E-state index in [1.165, 1.54) is 5.56 Å². The highest BCUT2D eigenvalue weighted by molar-refractivity contribution is 5.94. The van der Waals surface area contributed by atoms with Gasteiger partial charge in [-0.25, -0.2) is 0 Å². The van der Waals surface area contributed by atoms with Crippen molar-refractivity contribution in [1.29, 1.82) is 0 Å². The van der Waals surface area contributed by atoms with Crippen molar-refractivity contribution >= 4 is 11.6 Å². The van der Waals surface area contributed by atoms with E-state index >= 15 is 0 Å². The monoisotopic (exact) mass is 234 g/mol. The largest absolute Gasteiger partial charge is 0.312 e. The van der Waals surface area contributed by atoms with Crippen molar-refractivity contribution in [3.8, 4) is 0 Å². The molecule has 0 unspecified atom stereocenters. The quantitative estimate of drug-likeness (QED) is 0.766. The Kier molecular flexibility index (Phi) is 5.70. The Hall–Kier alpha value is -1.35. The van der Waals surface area contributed by atoms with Gasteiger partial charge in [-0.1, -0.05) is 19.1 Å². The van der Waals surface area contributed by atoms with Crippen LogP contribution in [0.3, 0.4) is 0 Å². The van der Waals surface area contributed by atoms with Gasteiger partial charge < -0.3 is 10.2 Å². The molecular formula is C14H22N2O. The van der Waals surface area contributed by atoms with Crippen LogP contribution in [0.25, 0.3) is 0 Å². The summed E-state index contributed by atoms with van der Waals surface area (Å²) in [5.41, 5.74) is 2.16. The molecule has 0 heterocycles. The second-order valence-electron chi connectivity index (χ2n) is 4.15. The van der Waals surface area contributed by atoms with Gasteiger partial charge in [0, 0.05) is 12.2 Å². The number of aryl methyl sites for hydroxylation is 1. The molecule has 0 spiro atoms. The summed E-state index contributed by atoms with van der Waals surface area (Å²) in [4.78, 5) is 13.8. The minimum atomic E-state index is 0.131. The van der Waals surface area contributed by atoms with Gasteiger partial charge in [-0.05, 0) is 44.5 Å². The summed E-state index contributed by atoms with van der Waals surface area (Å²) in [7, 11) is 0. The van der Waals surface area contributed by atoms with Gasteiger partial charge in [0.25, 0.3) is 0 Å². The van der Waals surface area contributed by atoms with Crippen molar-refractivity contribution in [3.05, 3.63) is 29.8 Å². The average molecular weight is 234 g/mol. The zero-order valence-electron chi connectivity index (χ0n) is 11.0. The van der Waals surface area contributed by atoms with Crippen molar-refractivity contribution in [2.45, 2.75) is 27.2 Å². The smallest absolute Gasteiger partial charge is 0.240 e. The maximum Gasteiger partial charge on any atom is 0.240 e. The van der Waals surface area contributed by atoms with Gasteiger partial charge in [0.2, 0.25) is 5.91 Å². The number of benzene rings is 1. The number of hydrogen-bond donors (Lipinski definition) is 1. The molecule has 1 aromatic carbocycles. The molecule has 3 nitrogen and oxygen atoms in total. The molecule has 0 aliphatic heterocycles. The maximum atomic E-state index is 12.0. The molecule has 3 heteroatoms. The van der Waals surface area contributed by atoms with E-state index in [0.717, 1.165) is 18.7 Å². The minimum absolute atomic E-state index is 0.131. The van der Waals surface area contributed by atoms with Gasteiger partial charge >= 0.3 is 0 Å².